The molecule has 0 radical (unpaired) electrons. The van der Waals surface area contributed by atoms with Gasteiger partial charge in [0.15, 0.2) is 0 Å². The number of carbonyl (C=O) groups excluding carboxylic acids is 3. The van der Waals surface area contributed by atoms with Gasteiger partial charge >= 0.3 is 12.1 Å². The highest BCUT2D eigenvalue weighted by atomic mass is 19.4. The van der Waals surface area contributed by atoms with Gasteiger partial charge in [-0.15, -0.1) is 0 Å². The molecule has 2 N–H and O–H groups in total. The van der Waals surface area contributed by atoms with Crippen LogP contribution in [0, 0.1) is 5.92 Å². The first-order valence-electron chi connectivity index (χ1n) is 11.4. The van der Waals surface area contributed by atoms with Gasteiger partial charge in [0.05, 0.1) is 13.0 Å². The molecule has 1 heterocycles. The van der Waals surface area contributed by atoms with E-state index < -0.39 is 65.7 Å². The zero-order valence-electron chi connectivity index (χ0n) is 20.9. The summed E-state index contributed by atoms with van der Waals surface area (Å²) in [4.78, 5) is 56.3. The number of alkyl halides is 3. The van der Waals surface area contributed by atoms with E-state index in [4.69, 9.17) is 0 Å². The van der Waals surface area contributed by atoms with Crippen LogP contribution in [0.4, 0.5) is 13.2 Å². The number of carboxylic acids is 1. The minimum absolute atomic E-state index is 0.314. The summed E-state index contributed by atoms with van der Waals surface area (Å²) in [6, 6.07) is -2.55. The SMILES string of the molecule is CCO/C(=N\C(C)(C)C(=O)N(C)[C@H](C(=O)N[C@@H](CC(=O)O)C(=O)N1CCCC1)C(C)C)C(F)(F)F. The average molecular weight is 509 g/mol. The Balaban J connectivity index is 3.18. The molecule has 0 aliphatic carbocycles. The Morgan fingerprint density at radius 2 is 1.69 bits per heavy atom. The van der Waals surface area contributed by atoms with Crippen LogP contribution in [0.15, 0.2) is 4.99 Å². The molecule has 0 aromatic carbocycles. The molecule has 0 unspecified atom stereocenters. The minimum Gasteiger partial charge on any atom is -0.481 e. The van der Waals surface area contributed by atoms with Crippen LogP contribution in [0.5, 0.6) is 0 Å². The van der Waals surface area contributed by atoms with Gasteiger partial charge in [0.2, 0.25) is 17.7 Å². The quantitative estimate of drug-likeness (QED) is 0.342. The number of nitrogens with zero attached hydrogens (tertiary/aromatic N) is 3. The maximum atomic E-state index is 13.2. The molecule has 1 aliphatic rings. The summed E-state index contributed by atoms with van der Waals surface area (Å²) in [7, 11) is 1.24. The summed E-state index contributed by atoms with van der Waals surface area (Å²) >= 11 is 0. The second kappa shape index (κ2) is 12.2. The molecular weight excluding hydrogens is 473 g/mol. The lowest BCUT2D eigenvalue weighted by molar-refractivity contribution is -0.147. The van der Waals surface area contributed by atoms with Crippen molar-refractivity contribution >= 4 is 29.6 Å². The Kier molecular flexibility index (Phi) is 10.5. The Hall–Kier alpha value is -2.86. The molecule has 1 rings (SSSR count). The molecule has 1 fully saturated rings. The van der Waals surface area contributed by atoms with Crippen LogP contribution in [0.2, 0.25) is 0 Å². The number of aliphatic carboxylic acids is 1. The highest BCUT2D eigenvalue weighted by Gasteiger charge is 2.44. The highest BCUT2D eigenvalue weighted by molar-refractivity contribution is 5.96. The summed E-state index contributed by atoms with van der Waals surface area (Å²) in [6.07, 6.45) is -4.03. The number of ether oxygens (including phenoxy) is 1. The highest BCUT2D eigenvalue weighted by Crippen LogP contribution is 2.24. The van der Waals surface area contributed by atoms with Crippen molar-refractivity contribution in [3.8, 4) is 0 Å². The number of rotatable bonds is 10. The summed E-state index contributed by atoms with van der Waals surface area (Å²) in [5.74, 6) is -5.60. The number of aliphatic imine (C=N–C) groups is 1. The Morgan fingerprint density at radius 3 is 2.11 bits per heavy atom. The lowest BCUT2D eigenvalue weighted by Crippen LogP contribution is -2.58. The van der Waals surface area contributed by atoms with Crippen LogP contribution in [-0.2, 0) is 23.9 Å². The second-order valence-corrected chi connectivity index (χ2v) is 9.20. The largest absolute Gasteiger partial charge is 0.481 e. The van der Waals surface area contributed by atoms with E-state index in [0.29, 0.717) is 13.1 Å². The van der Waals surface area contributed by atoms with Crippen LogP contribution in [-0.4, -0.2) is 95.0 Å². The van der Waals surface area contributed by atoms with E-state index in [1.54, 1.807) is 13.8 Å². The number of hydrogen-bond acceptors (Lipinski definition) is 6. The molecule has 0 aromatic rings. The maximum Gasteiger partial charge on any atom is 0.468 e. The van der Waals surface area contributed by atoms with Crippen LogP contribution in [0.3, 0.4) is 0 Å². The molecule has 0 spiro atoms. The zero-order valence-corrected chi connectivity index (χ0v) is 20.9. The van der Waals surface area contributed by atoms with Gasteiger partial charge in [-0.1, -0.05) is 13.8 Å². The van der Waals surface area contributed by atoms with Crippen LogP contribution in [0.25, 0.3) is 0 Å². The van der Waals surface area contributed by atoms with Gasteiger partial charge in [0.1, 0.15) is 17.6 Å². The summed E-state index contributed by atoms with van der Waals surface area (Å²) in [5.41, 5.74) is -1.94. The topological polar surface area (TPSA) is 129 Å². The van der Waals surface area contributed by atoms with E-state index in [1.807, 2.05) is 0 Å². The molecular formula is C22H35F3N4O6. The fraction of sp³-hybridized carbons (Fsp3) is 0.773. The fourth-order valence-corrected chi connectivity index (χ4v) is 3.89. The maximum absolute atomic E-state index is 13.2. The van der Waals surface area contributed by atoms with Crippen molar-refractivity contribution in [3.63, 3.8) is 0 Å². The lowest BCUT2D eigenvalue weighted by atomic mass is 9.97. The predicted molar refractivity (Wildman–Crippen MR) is 121 cm³/mol. The van der Waals surface area contributed by atoms with Crippen LogP contribution >= 0.6 is 0 Å². The van der Waals surface area contributed by atoms with Crippen molar-refractivity contribution in [1.29, 1.82) is 0 Å². The Labute approximate surface area is 202 Å². The monoisotopic (exact) mass is 508 g/mol. The van der Waals surface area contributed by atoms with Gasteiger partial charge < -0.3 is 25.0 Å². The molecule has 10 nitrogen and oxygen atoms in total. The smallest absolute Gasteiger partial charge is 0.468 e. The number of likely N-dealkylation sites (N-methyl/N-ethyl adjacent to an activating group) is 1. The van der Waals surface area contributed by atoms with Crippen LogP contribution < -0.4 is 5.32 Å². The van der Waals surface area contributed by atoms with Crippen molar-refractivity contribution in [2.24, 2.45) is 10.9 Å². The first-order valence-corrected chi connectivity index (χ1v) is 11.4. The predicted octanol–water partition coefficient (Wildman–Crippen LogP) is 1.83. The van der Waals surface area contributed by atoms with Gasteiger partial charge in [0.25, 0.3) is 5.90 Å². The summed E-state index contributed by atoms with van der Waals surface area (Å²) in [6.45, 7) is 7.48. The van der Waals surface area contributed by atoms with Gasteiger partial charge in [-0.05, 0) is 39.5 Å². The third-order valence-electron chi connectivity index (χ3n) is 5.48. The summed E-state index contributed by atoms with van der Waals surface area (Å²) < 4.78 is 44.3. The molecule has 35 heavy (non-hydrogen) atoms. The van der Waals surface area contributed by atoms with E-state index in [1.165, 1.54) is 18.9 Å². The molecule has 0 bridgehead atoms. The molecule has 0 saturated carbocycles. The summed E-state index contributed by atoms with van der Waals surface area (Å²) in [5, 5.41) is 11.7. The molecule has 3 amide bonds. The molecule has 0 aromatic heterocycles. The third kappa shape index (κ3) is 8.39. The molecule has 13 heteroatoms. The number of amides is 3. The van der Waals surface area contributed by atoms with Crippen molar-refractivity contribution in [1.82, 2.24) is 15.1 Å². The first-order chi connectivity index (χ1) is 16.0. The molecule has 200 valence electrons. The average Bonchev–Trinajstić information content (AvgIpc) is 3.25. The Bertz CT molecular complexity index is 822. The number of carboxylic acid groups (broad SMARTS) is 1. The third-order valence-corrected chi connectivity index (χ3v) is 5.48. The van der Waals surface area contributed by atoms with E-state index in [9.17, 15) is 37.5 Å². The minimum atomic E-state index is -4.92. The van der Waals surface area contributed by atoms with Gasteiger partial charge in [0, 0.05) is 20.1 Å². The van der Waals surface area contributed by atoms with Gasteiger partial charge in [-0.3, -0.25) is 19.2 Å². The van der Waals surface area contributed by atoms with Crippen molar-refractivity contribution in [2.45, 2.75) is 77.7 Å². The molecule has 2 atom stereocenters. The molecule has 1 saturated heterocycles. The molecule has 1 aliphatic heterocycles. The van der Waals surface area contributed by atoms with Crippen LogP contribution in [0.1, 0.15) is 53.9 Å². The zero-order chi connectivity index (χ0) is 27.1. The van der Waals surface area contributed by atoms with E-state index in [0.717, 1.165) is 31.6 Å². The number of carbonyl (C=O) groups is 4. The first kappa shape index (κ1) is 30.2. The standard InChI is InChI=1S/C22H35F3N4O6/c1-7-35-19(22(23,24)25)27-21(4,5)20(34)28(6)16(13(2)3)17(32)26-14(12-15(30)31)18(33)29-10-8-9-11-29/h13-14,16H,7-12H2,1-6H3,(H,26,32)(H,30,31)/b27-19-/t14-,16-/m0/s1. The van der Waals surface area contributed by atoms with Crippen molar-refractivity contribution < 1.29 is 42.2 Å². The fourth-order valence-electron chi connectivity index (χ4n) is 3.89. The van der Waals surface area contributed by atoms with Gasteiger partial charge in [-0.2, -0.15) is 13.2 Å². The number of nitrogens with one attached hydrogen (secondary N) is 1. The normalized spacial score (nSPS) is 16.6. The number of halogens is 3. The van der Waals surface area contributed by atoms with E-state index in [2.05, 4.69) is 15.0 Å². The van der Waals surface area contributed by atoms with E-state index in [-0.39, 0.29) is 6.61 Å². The number of likely N-dealkylation sites (tertiary alicyclic amines) is 1. The lowest BCUT2D eigenvalue weighted by Gasteiger charge is -2.35. The van der Waals surface area contributed by atoms with E-state index >= 15 is 0 Å². The van der Waals surface area contributed by atoms with Crippen molar-refractivity contribution in [3.05, 3.63) is 0 Å². The Morgan fingerprint density at radius 1 is 1.14 bits per heavy atom. The second-order valence-electron chi connectivity index (χ2n) is 9.20. The van der Waals surface area contributed by atoms with Crippen molar-refractivity contribution in [2.75, 3.05) is 26.7 Å². The number of hydrogen-bond donors (Lipinski definition) is 2. The van der Waals surface area contributed by atoms with Gasteiger partial charge in [-0.25, -0.2) is 4.99 Å².